The Morgan fingerprint density at radius 3 is 2.52 bits per heavy atom. The number of benzene rings is 1. The van der Waals surface area contributed by atoms with E-state index < -0.39 is 6.04 Å². The second kappa shape index (κ2) is 10.0. The second-order valence-electron chi connectivity index (χ2n) is 5.93. The molecule has 1 aromatic rings. The number of rotatable bonds is 9. The molecule has 1 atom stereocenters. The highest BCUT2D eigenvalue weighted by molar-refractivity contribution is 5.87. The zero-order chi connectivity index (χ0) is 17.2. The van der Waals surface area contributed by atoms with Gasteiger partial charge in [-0.3, -0.25) is 9.59 Å². The summed E-state index contributed by atoms with van der Waals surface area (Å²) in [5.74, 6) is -0.0283. The minimum Gasteiger partial charge on any atom is -0.354 e. The summed E-state index contributed by atoms with van der Waals surface area (Å²) in [6.45, 7) is 9.07. The standard InChI is InChI=1S/C19H30N2O2/c1-5-8-12-20-19(23)17(6-2)21(18(22)7-3)14-16-11-9-10-15(4)13-16/h9-11,13,17H,5-8,12,14H2,1-4H3,(H,20,23)/t17-/m0/s1. The lowest BCUT2D eigenvalue weighted by molar-refractivity contribution is -0.141. The first-order chi connectivity index (χ1) is 11.0. The van der Waals surface area contributed by atoms with Crippen LogP contribution in [0.1, 0.15) is 57.6 Å². The Labute approximate surface area is 140 Å². The Morgan fingerprint density at radius 2 is 1.96 bits per heavy atom. The zero-order valence-corrected chi connectivity index (χ0v) is 14.9. The van der Waals surface area contributed by atoms with E-state index in [0.29, 0.717) is 25.9 Å². The summed E-state index contributed by atoms with van der Waals surface area (Å²) in [6, 6.07) is 7.69. The van der Waals surface area contributed by atoms with Gasteiger partial charge in [0.05, 0.1) is 0 Å². The Balaban J connectivity index is 2.89. The van der Waals surface area contributed by atoms with Gasteiger partial charge in [-0.2, -0.15) is 0 Å². The van der Waals surface area contributed by atoms with E-state index in [4.69, 9.17) is 0 Å². The minimum atomic E-state index is -0.403. The van der Waals surface area contributed by atoms with Crippen molar-refractivity contribution in [3.8, 4) is 0 Å². The van der Waals surface area contributed by atoms with Gasteiger partial charge in [0, 0.05) is 19.5 Å². The molecule has 0 heterocycles. The van der Waals surface area contributed by atoms with Crippen LogP contribution in [0.5, 0.6) is 0 Å². The van der Waals surface area contributed by atoms with Crippen molar-refractivity contribution < 1.29 is 9.59 Å². The highest BCUT2D eigenvalue weighted by atomic mass is 16.2. The van der Waals surface area contributed by atoms with E-state index in [1.807, 2.05) is 39.0 Å². The van der Waals surface area contributed by atoms with Crippen LogP contribution >= 0.6 is 0 Å². The fourth-order valence-corrected chi connectivity index (χ4v) is 2.64. The molecule has 0 saturated carbocycles. The molecule has 4 nitrogen and oxygen atoms in total. The maximum Gasteiger partial charge on any atom is 0.242 e. The lowest BCUT2D eigenvalue weighted by atomic mass is 10.1. The number of unbranched alkanes of at least 4 members (excludes halogenated alkanes) is 1. The van der Waals surface area contributed by atoms with Crippen molar-refractivity contribution in [3.05, 3.63) is 35.4 Å². The van der Waals surface area contributed by atoms with Crippen molar-refractivity contribution in [3.63, 3.8) is 0 Å². The average molecular weight is 318 g/mol. The number of carbonyl (C=O) groups is 2. The summed E-state index contributed by atoms with van der Waals surface area (Å²) < 4.78 is 0. The molecule has 0 aliphatic rings. The number of hydrogen-bond acceptors (Lipinski definition) is 2. The van der Waals surface area contributed by atoms with Crippen molar-refractivity contribution in [1.29, 1.82) is 0 Å². The van der Waals surface area contributed by atoms with Gasteiger partial charge in [0.1, 0.15) is 6.04 Å². The Bertz CT molecular complexity index is 514. The van der Waals surface area contributed by atoms with E-state index in [1.54, 1.807) is 4.90 Å². The van der Waals surface area contributed by atoms with Crippen LogP contribution in [0.4, 0.5) is 0 Å². The predicted molar refractivity (Wildman–Crippen MR) is 94.0 cm³/mol. The molecule has 2 amide bonds. The molecule has 128 valence electrons. The molecule has 0 bridgehead atoms. The Hall–Kier alpha value is -1.84. The number of hydrogen-bond donors (Lipinski definition) is 1. The third-order valence-corrected chi connectivity index (χ3v) is 3.95. The normalized spacial score (nSPS) is 11.8. The lowest BCUT2D eigenvalue weighted by Gasteiger charge is -2.30. The number of nitrogens with zero attached hydrogens (tertiary/aromatic N) is 1. The third kappa shape index (κ3) is 6.05. The first kappa shape index (κ1) is 19.2. The number of nitrogens with one attached hydrogen (secondary N) is 1. The summed E-state index contributed by atoms with van der Waals surface area (Å²) >= 11 is 0. The van der Waals surface area contributed by atoms with E-state index >= 15 is 0 Å². The van der Waals surface area contributed by atoms with Crippen LogP contribution in [0.15, 0.2) is 24.3 Å². The molecule has 23 heavy (non-hydrogen) atoms. The molecule has 0 unspecified atom stereocenters. The van der Waals surface area contributed by atoms with Crippen molar-refractivity contribution in [2.45, 2.75) is 66.0 Å². The Kier molecular flexibility index (Phi) is 8.38. The van der Waals surface area contributed by atoms with E-state index in [2.05, 4.69) is 18.3 Å². The van der Waals surface area contributed by atoms with Crippen molar-refractivity contribution in [2.75, 3.05) is 6.54 Å². The minimum absolute atomic E-state index is 0.0176. The van der Waals surface area contributed by atoms with Gasteiger partial charge >= 0.3 is 0 Å². The first-order valence-electron chi connectivity index (χ1n) is 8.66. The SMILES string of the molecule is CCCCNC(=O)[C@H](CC)N(Cc1cccc(C)c1)C(=O)CC. The van der Waals surface area contributed by atoms with Crippen LogP contribution in [0.3, 0.4) is 0 Å². The maximum absolute atomic E-state index is 12.5. The van der Waals surface area contributed by atoms with Crippen LogP contribution in [0.25, 0.3) is 0 Å². The first-order valence-corrected chi connectivity index (χ1v) is 8.66. The molecular weight excluding hydrogens is 288 g/mol. The highest BCUT2D eigenvalue weighted by Crippen LogP contribution is 2.14. The number of aryl methyl sites for hydroxylation is 1. The quantitative estimate of drug-likeness (QED) is 0.709. The van der Waals surface area contributed by atoms with Gasteiger partial charge in [-0.1, -0.05) is 57.0 Å². The van der Waals surface area contributed by atoms with E-state index in [9.17, 15) is 9.59 Å². The van der Waals surface area contributed by atoms with Crippen LogP contribution in [-0.2, 0) is 16.1 Å². The van der Waals surface area contributed by atoms with E-state index in [-0.39, 0.29) is 11.8 Å². The van der Waals surface area contributed by atoms with Crippen molar-refractivity contribution >= 4 is 11.8 Å². The van der Waals surface area contributed by atoms with Crippen LogP contribution in [0, 0.1) is 6.92 Å². The maximum atomic E-state index is 12.5. The summed E-state index contributed by atoms with van der Waals surface area (Å²) in [5, 5.41) is 2.96. The molecule has 1 aromatic carbocycles. The second-order valence-corrected chi connectivity index (χ2v) is 5.93. The monoisotopic (exact) mass is 318 g/mol. The molecule has 0 saturated heterocycles. The molecule has 4 heteroatoms. The van der Waals surface area contributed by atoms with Crippen LogP contribution < -0.4 is 5.32 Å². The zero-order valence-electron chi connectivity index (χ0n) is 14.9. The predicted octanol–water partition coefficient (Wildman–Crippen LogP) is 3.43. The molecule has 0 aliphatic carbocycles. The van der Waals surface area contributed by atoms with Gasteiger partial charge in [-0.25, -0.2) is 0 Å². The molecule has 0 fully saturated rings. The third-order valence-electron chi connectivity index (χ3n) is 3.95. The molecule has 1 N–H and O–H groups in total. The average Bonchev–Trinajstić information content (AvgIpc) is 2.54. The van der Waals surface area contributed by atoms with E-state index in [0.717, 1.165) is 24.0 Å². The molecule has 0 radical (unpaired) electrons. The van der Waals surface area contributed by atoms with Crippen LogP contribution in [0.2, 0.25) is 0 Å². The Morgan fingerprint density at radius 1 is 1.22 bits per heavy atom. The summed E-state index contributed by atoms with van der Waals surface area (Å²) in [7, 11) is 0. The molecular formula is C19H30N2O2. The van der Waals surface area contributed by atoms with Gasteiger partial charge < -0.3 is 10.2 Å². The summed E-state index contributed by atoms with van der Waals surface area (Å²) in [4.78, 5) is 26.6. The fraction of sp³-hybridized carbons (Fsp3) is 0.579. The number of carbonyl (C=O) groups excluding carboxylic acids is 2. The fourth-order valence-electron chi connectivity index (χ4n) is 2.64. The van der Waals surface area contributed by atoms with Crippen LogP contribution in [-0.4, -0.2) is 29.3 Å². The largest absolute Gasteiger partial charge is 0.354 e. The van der Waals surface area contributed by atoms with Gasteiger partial charge in [-0.15, -0.1) is 0 Å². The number of amides is 2. The molecule has 0 spiro atoms. The van der Waals surface area contributed by atoms with Crippen molar-refractivity contribution in [1.82, 2.24) is 10.2 Å². The lowest BCUT2D eigenvalue weighted by Crippen LogP contribution is -2.49. The van der Waals surface area contributed by atoms with E-state index in [1.165, 1.54) is 0 Å². The summed E-state index contributed by atoms with van der Waals surface area (Å²) in [5.41, 5.74) is 2.22. The smallest absolute Gasteiger partial charge is 0.242 e. The topological polar surface area (TPSA) is 49.4 Å². The highest BCUT2D eigenvalue weighted by Gasteiger charge is 2.27. The van der Waals surface area contributed by atoms with Gasteiger partial charge in [0.2, 0.25) is 11.8 Å². The van der Waals surface area contributed by atoms with Crippen molar-refractivity contribution in [2.24, 2.45) is 0 Å². The van der Waals surface area contributed by atoms with Gasteiger partial charge in [0.25, 0.3) is 0 Å². The molecule has 0 aromatic heterocycles. The summed E-state index contributed by atoms with van der Waals surface area (Å²) in [6.07, 6.45) is 3.03. The van der Waals surface area contributed by atoms with Gasteiger partial charge in [-0.05, 0) is 25.3 Å². The molecule has 0 aliphatic heterocycles. The molecule has 1 rings (SSSR count). The van der Waals surface area contributed by atoms with Gasteiger partial charge in [0.15, 0.2) is 0 Å².